The lowest BCUT2D eigenvalue weighted by molar-refractivity contribution is -0.121. The van der Waals surface area contributed by atoms with Crippen molar-refractivity contribution < 1.29 is 17.9 Å². The summed E-state index contributed by atoms with van der Waals surface area (Å²) >= 11 is 0. The summed E-state index contributed by atoms with van der Waals surface area (Å²) in [5, 5.41) is 2.53. The van der Waals surface area contributed by atoms with Crippen LogP contribution in [0.2, 0.25) is 0 Å². The third-order valence-corrected chi connectivity index (χ3v) is 3.24. The van der Waals surface area contributed by atoms with Crippen LogP contribution in [0.4, 0.5) is 0 Å². The van der Waals surface area contributed by atoms with Gasteiger partial charge in [0.15, 0.2) is 0 Å². The van der Waals surface area contributed by atoms with Crippen molar-refractivity contribution in [2.45, 2.75) is 6.42 Å². The maximum Gasteiger partial charge on any atom is 0.235 e. The molecular weight excluding hydrogens is 244 g/mol. The van der Waals surface area contributed by atoms with Crippen LogP contribution in [0, 0.1) is 0 Å². The van der Waals surface area contributed by atoms with Gasteiger partial charge in [-0.1, -0.05) is 6.08 Å². The van der Waals surface area contributed by atoms with Crippen molar-refractivity contribution in [3.63, 3.8) is 0 Å². The first kappa shape index (κ1) is 16.1. The van der Waals surface area contributed by atoms with Crippen molar-refractivity contribution in [1.82, 2.24) is 9.62 Å². The third-order valence-electron chi connectivity index (χ3n) is 1.99. The van der Waals surface area contributed by atoms with Crippen LogP contribution < -0.4 is 5.32 Å². The molecule has 17 heavy (non-hydrogen) atoms. The van der Waals surface area contributed by atoms with Crippen molar-refractivity contribution in [2.24, 2.45) is 0 Å². The molecule has 0 atom stereocenters. The van der Waals surface area contributed by atoms with Gasteiger partial charge < -0.3 is 10.1 Å². The van der Waals surface area contributed by atoms with E-state index < -0.39 is 10.0 Å². The third kappa shape index (κ3) is 7.89. The van der Waals surface area contributed by atoms with E-state index >= 15 is 0 Å². The number of rotatable bonds is 9. The minimum absolute atomic E-state index is 0.170. The summed E-state index contributed by atoms with van der Waals surface area (Å²) in [6, 6.07) is 0. The number of hydrogen-bond acceptors (Lipinski definition) is 4. The molecular formula is C10H20N2O4S. The normalized spacial score (nSPS) is 11.5. The summed E-state index contributed by atoms with van der Waals surface area (Å²) in [5.41, 5.74) is 0. The van der Waals surface area contributed by atoms with E-state index in [1.807, 2.05) is 0 Å². The van der Waals surface area contributed by atoms with Crippen LogP contribution in [0.1, 0.15) is 6.42 Å². The highest BCUT2D eigenvalue weighted by Crippen LogP contribution is 1.99. The lowest BCUT2D eigenvalue weighted by Crippen LogP contribution is -2.41. The molecule has 0 aromatic heterocycles. The van der Waals surface area contributed by atoms with Crippen molar-refractivity contribution in [2.75, 3.05) is 39.6 Å². The van der Waals surface area contributed by atoms with E-state index in [-0.39, 0.29) is 19.0 Å². The second-order valence-corrected chi connectivity index (χ2v) is 5.52. The minimum Gasteiger partial charge on any atom is -0.385 e. The molecule has 0 aliphatic heterocycles. The van der Waals surface area contributed by atoms with Gasteiger partial charge in [0.2, 0.25) is 15.9 Å². The highest BCUT2D eigenvalue weighted by molar-refractivity contribution is 7.88. The fourth-order valence-corrected chi connectivity index (χ4v) is 1.96. The van der Waals surface area contributed by atoms with Gasteiger partial charge in [0, 0.05) is 26.8 Å². The zero-order chi connectivity index (χ0) is 13.3. The summed E-state index contributed by atoms with van der Waals surface area (Å²) in [5.74, 6) is -0.340. The number of carbonyl (C=O) groups is 1. The molecule has 1 amide bonds. The molecule has 0 bridgehead atoms. The van der Waals surface area contributed by atoms with Crippen LogP contribution in [0.15, 0.2) is 12.7 Å². The fourth-order valence-electron chi connectivity index (χ4n) is 1.15. The van der Waals surface area contributed by atoms with E-state index in [1.165, 1.54) is 6.08 Å². The second-order valence-electron chi connectivity index (χ2n) is 3.54. The Morgan fingerprint density at radius 3 is 2.65 bits per heavy atom. The molecule has 0 saturated carbocycles. The van der Waals surface area contributed by atoms with E-state index in [4.69, 9.17) is 4.74 Å². The van der Waals surface area contributed by atoms with Crippen molar-refractivity contribution in [3.05, 3.63) is 12.7 Å². The summed E-state index contributed by atoms with van der Waals surface area (Å²) in [6.45, 7) is 4.35. The molecule has 0 fully saturated rings. The van der Waals surface area contributed by atoms with Crippen LogP contribution in [-0.4, -0.2) is 58.2 Å². The van der Waals surface area contributed by atoms with E-state index in [2.05, 4.69) is 11.9 Å². The Hall–Kier alpha value is -0.920. The van der Waals surface area contributed by atoms with E-state index in [9.17, 15) is 13.2 Å². The number of nitrogens with one attached hydrogen (secondary N) is 1. The minimum atomic E-state index is -3.37. The number of sulfonamides is 1. The Bertz CT molecular complexity index is 340. The van der Waals surface area contributed by atoms with Gasteiger partial charge in [0.25, 0.3) is 0 Å². The van der Waals surface area contributed by atoms with Gasteiger partial charge in [0.05, 0.1) is 12.8 Å². The first-order chi connectivity index (χ1) is 7.91. The van der Waals surface area contributed by atoms with Crippen molar-refractivity contribution >= 4 is 15.9 Å². The van der Waals surface area contributed by atoms with Gasteiger partial charge >= 0.3 is 0 Å². The topological polar surface area (TPSA) is 75.7 Å². The van der Waals surface area contributed by atoms with Crippen LogP contribution in [0.5, 0.6) is 0 Å². The first-order valence-corrected chi connectivity index (χ1v) is 7.08. The summed E-state index contributed by atoms with van der Waals surface area (Å²) < 4.78 is 28.8. The van der Waals surface area contributed by atoms with Gasteiger partial charge in [-0.2, -0.15) is 4.31 Å². The summed E-state index contributed by atoms with van der Waals surface area (Å²) in [7, 11) is -1.83. The predicted octanol–water partition coefficient (Wildman–Crippen LogP) is -0.413. The summed E-state index contributed by atoms with van der Waals surface area (Å²) in [4.78, 5) is 11.4. The highest BCUT2D eigenvalue weighted by atomic mass is 32.2. The lowest BCUT2D eigenvalue weighted by Gasteiger charge is -2.18. The first-order valence-electron chi connectivity index (χ1n) is 5.23. The lowest BCUT2D eigenvalue weighted by atomic mass is 10.4. The molecule has 0 aliphatic rings. The molecule has 0 radical (unpaired) electrons. The Morgan fingerprint density at radius 1 is 1.53 bits per heavy atom. The standard InChI is InChI=1S/C10H20N2O4S/c1-4-6-11-10(13)9-12(17(3,14)15)7-5-8-16-2/h4H,1,5-9H2,2-3H3,(H,11,13). The molecule has 0 spiro atoms. The predicted molar refractivity (Wildman–Crippen MR) is 66.1 cm³/mol. The average Bonchev–Trinajstić information content (AvgIpc) is 2.24. The Morgan fingerprint density at radius 2 is 2.18 bits per heavy atom. The monoisotopic (exact) mass is 264 g/mol. The molecule has 0 rings (SSSR count). The van der Waals surface area contributed by atoms with Crippen LogP contribution in [0.3, 0.4) is 0 Å². The summed E-state index contributed by atoms with van der Waals surface area (Å²) in [6.07, 6.45) is 3.17. The maximum absolute atomic E-state index is 11.4. The van der Waals surface area contributed by atoms with Gasteiger partial charge in [-0.25, -0.2) is 8.42 Å². The largest absolute Gasteiger partial charge is 0.385 e. The number of methoxy groups -OCH3 is 1. The quantitative estimate of drug-likeness (QED) is 0.453. The molecule has 0 aliphatic carbocycles. The number of carbonyl (C=O) groups excluding carboxylic acids is 1. The number of amides is 1. The molecule has 6 nitrogen and oxygen atoms in total. The molecule has 1 N–H and O–H groups in total. The smallest absolute Gasteiger partial charge is 0.235 e. The zero-order valence-electron chi connectivity index (χ0n) is 10.3. The Kier molecular flexibility index (Phi) is 7.77. The Balaban J connectivity index is 4.29. The Labute approximate surface area is 103 Å². The van der Waals surface area contributed by atoms with Gasteiger partial charge in [-0.3, -0.25) is 4.79 Å². The van der Waals surface area contributed by atoms with Crippen molar-refractivity contribution in [3.8, 4) is 0 Å². The zero-order valence-corrected chi connectivity index (χ0v) is 11.1. The molecule has 0 aromatic carbocycles. The average molecular weight is 264 g/mol. The molecule has 0 heterocycles. The number of hydrogen-bond donors (Lipinski definition) is 1. The molecule has 100 valence electrons. The van der Waals surface area contributed by atoms with Crippen LogP contribution in [0.25, 0.3) is 0 Å². The van der Waals surface area contributed by atoms with Crippen LogP contribution in [-0.2, 0) is 19.6 Å². The molecule has 7 heteroatoms. The fraction of sp³-hybridized carbons (Fsp3) is 0.700. The number of ether oxygens (including phenoxy) is 1. The highest BCUT2D eigenvalue weighted by Gasteiger charge is 2.19. The van der Waals surface area contributed by atoms with Gasteiger partial charge in [-0.05, 0) is 6.42 Å². The van der Waals surface area contributed by atoms with E-state index in [0.717, 1.165) is 10.6 Å². The molecule has 0 aromatic rings. The van der Waals surface area contributed by atoms with Crippen molar-refractivity contribution in [1.29, 1.82) is 0 Å². The van der Waals surface area contributed by atoms with Crippen LogP contribution >= 0.6 is 0 Å². The second kappa shape index (κ2) is 8.21. The maximum atomic E-state index is 11.4. The SMILES string of the molecule is C=CCNC(=O)CN(CCCOC)S(C)(=O)=O. The van der Waals surface area contributed by atoms with Gasteiger partial charge in [-0.15, -0.1) is 6.58 Å². The van der Waals surface area contributed by atoms with E-state index in [0.29, 0.717) is 19.6 Å². The number of nitrogens with zero attached hydrogens (tertiary/aromatic N) is 1. The van der Waals surface area contributed by atoms with E-state index in [1.54, 1.807) is 7.11 Å². The molecule has 0 saturated heterocycles. The molecule has 0 unspecified atom stereocenters. The van der Waals surface area contributed by atoms with Gasteiger partial charge in [0.1, 0.15) is 0 Å².